The lowest BCUT2D eigenvalue weighted by atomic mass is 9.97. The highest BCUT2D eigenvalue weighted by Crippen LogP contribution is 2.36. The highest BCUT2D eigenvalue weighted by atomic mass is 19.1. The maximum atomic E-state index is 13.4. The molecule has 0 atom stereocenters. The van der Waals surface area contributed by atoms with E-state index in [1.807, 2.05) is 12.1 Å². The van der Waals surface area contributed by atoms with E-state index in [2.05, 4.69) is 60.4 Å². The summed E-state index contributed by atoms with van der Waals surface area (Å²) in [5.41, 5.74) is 8.07. The third kappa shape index (κ3) is 4.75. The van der Waals surface area contributed by atoms with Gasteiger partial charge in [0.1, 0.15) is 30.5 Å². The number of halogens is 1. The molecule has 4 aromatic rings. The van der Waals surface area contributed by atoms with E-state index in [0.717, 1.165) is 30.8 Å². The third-order valence-electron chi connectivity index (χ3n) is 6.23. The summed E-state index contributed by atoms with van der Waals surface area (Å²) in [7, 11) is 0. The summed E-state index contributed by atoms with van der Waals surface area (Å²) in [5, 5.41) is 0. The van der Waals surface area contributed by atoms with Crippen LogP contribution in [0.3, 0.4) is 0 Å². The first-order valence-electron chi connectivity index (χ1n) is 11.3. The summed E-state index contributed by atoms with van der Waals surface area (Å²) < 4.78 is 25.8. The zero-order chi connectivity index (χ0) is 22.6. The average molecular weight is 440 g/mol. The third-order valence-corrected chi connectivity index (χ3v) is 6.23. The van der Waals surface area contributed by atoms with Crippen molar-refractivity contribution in [3.63, 3.8) is 0 Å². The number of benzene rings is 3. The maximum absolute atomic E-state index is 13.4. The van der Waals surface area contributed by atoms with E-state index in [1.54, 1.807) is 6.20 Å². The van der Waals surface area contributed by atoms with Gasteiger partial charge in [-0.1, -0.05) is 48.5 Å². The van der Waals surface area contributed by atoms with Crippen LogP contribution >= 0.6 is 0 Å². The molecule has 1 aliphatic rings. The van der Waals surface area contributed by atoms with Crippen LogP contribution in [0.2, 0.25) is 0 Å². The summed E-state index contributed by atoms with van der Waals surface area (Å²) in [6.07, 6.45) is 5.97. The van der Waals surface area contributed by atoms with Crippen LogP contribution in [0.15, 0.2) is 79.1 Å². The number of hydrogen-bond donors (Lipinski definition) is 0. The van der Waals surface area contributed by atoms with Crippen LogP contribution in [-0.4, -0.2) is 4.98 Å². The van der Waals surface area contributed by atoms with Crippen molar-refractivity contribution in [2.75, 3.05) is 0 Å². The molecule has 0 saturated heterocycles. The van der Waals surface area contributed by atoms with Crippen molar-refractivity contribution in [1.82, 2.24) is 4.98 Å². The summed E-state index contributed by atoms with van der Waals surface area (Å²) in [5.74, 6) is 1.26. The fraction of sp³-hybridized carbons (Fsp3) is 0.207. The molecule has 0 amide bonds. The second-order valence-corrected chi connectivity index (χ2v) is 8.46. The Hall–Kier alpha value is -3.66. The topological polar surface area (TPSA) is 31.4 Å². The molecule has 0 saturated carbocycles. The molecule has 1 aromatic heterocycles. The van der Waals surface area contributed by atoms with E-state index in [-0.39, 0.29) is 12.4 Å². The highest BCUT2D eigenvalue weighted by molar-refractivity contribution is 5.68. The molecule has 3 aromatic carbocycles. The molecule has 0 aliphatic heterocycles. The Morgan fingerprint density at radius 3 is 2.61 bits per heavy atom. The van der Waals surface area contributed by atoms with Gasteiger partial charge in [0, 0.05) is 17.8 Å². The zero-order valence-corrected chi connectivity index (χ0v) is 18.7. The van der Waals surface area contributed by atoms with Gasteiger partial charge in [-0.15, -0.1) is 0 Å². The van der Waals surface area contributed by atoms with E-state index in [0.29, 0.717) is 12.2 Å². The minimum Gasteiger partial charge on any atom is -0.489 e. The number of fused-ring (bicyclic) bond motifs is 1. The molecule has 33 heavy (non-hydrogen) atoms. The van der Waals surface area contributed by atoms with Gasteiger partial charge in [-0.3, -0.25) is 4.98 Å². The van der Waals surface area contributed by atoms with Gasteiger partial charge in [0.25, 0.3) is 0 Å². The molecule has 166 valence electrons. The maximum Gasteiger partial charge on any atom is 0.141 e. The molecule has 1 aliphatic carbocycles. The first-order valence-corrected chi connectivity index (χ1v) is 11.3. The number of pyridine rings is 1. The molecule has 0 spiro atoms. The normalized spacial score (nSPS) is 12.4. The number of nitrogens with zero attached hydrogens (tertiary/aromatic N) is 1. The lowest BCUT2D eigenvalue weighted by Gasteiger charge is -2.16. The Morgan fingerprint density at radius 2 is 1.76 bits per heavy atom. The van der Waals surface area contributed by atoms with Crippen LogP contribution in [0.5, 0.6) is 11.5 Å². The summed E-state index contributed by atoms with van der Waals surface area (Å²) in [6, 6.07) is 22.3. The lowest BCUT2D eigenvalue weighted by molar-refractivity contribution is 0.287. The van der Waals surface area contributed by atoms with Gasteiger partial charge >= 0.3 is 0 Å². The molecule has 0 unspecified atom stereocenters. The smallest absolute Gasteiger partial charge is 0.141 e. The summed E-state index contributed by atoms with van der Waals surface area (Å²) >= 11 is 0. The standard InChI is InChI=1S/C29H26FNO2/c1-20-24(10-6-11-27(20)22-7-3-2-4-8-22)19-33-29-15-26(14-23-9-5-12-28(23)29)32-18-21-13-25(30)17-31-16-21/h2-4,6-8,10-11,13-17H,5,9,12,18-19H2,1H3. The summed E-state index contributed by atoms with van der Waals surface area (Å²) in [6.45, 7) is 2.91. The fourth-order valence-electron chi connectivity index (χ4n) is 4.48. The zero-order valence-electron chi connectivity index (χ0n) is 18.7. The van der Waals surface area contributed by atoms with E-state index in [9.17, 15) is 4.39 Å². The van der Waals surface area contributed by atoms with Crippen molar-refractivity contribution in [3.8, 4) is 22.6 Å². The highest BCUT2D eigenvalue weighted by Gasteiger charge is 2.19. The van der Waals surface area contributed by atoms with Crippen molar-refractivity contribution >= 4 is 0 Å². The number of rotatable bonds is 7. The predicted octanol–water partition coefficient (Wildman–Crippen LogP) is 6.84. The second kappa shape index (κ2) is 9.45. The van der Waals surface area contributed by atoms with Gasteiger partial charge in [0.05, 0.1) is 6.20 Å². The average Bonchev–Trinajstić information content (AvgIpc) is 3.31. The summed E-state index contributed by atoms with van der Waals surface area (Å²) in [4.78, 5) is 3.89. The van der Waals surface area contributed by atoms with Crippen LogP contribution in [0.1, 0.15) is 34.2 Å². The first kappa shape index (κ1) is 21.2. The van der Waals surface area contributed by atoms with E-state index < -0.39 is 0 Å². The van der Waals surface area contributed by atoms with Gasteiger partial charge in [0.15, 0.2) is 0 Å². The van der Waals surface area contributed by atoms with Crippen molar-refractivity contribution in [3.05, 3.63) is 113 Å². The van der Waals surface area contributed by atoms with Crippen LogP contribution in [0, 0.1) is 12.7 Å². The van der Waals surface area contributed by atoms with Crippen molar-refractivity contribution in [2.24, 2.45) is 0 Å². The van der Waals surface area contributed by atoms with Gasteiger partial charge in [-0.05, 0) is 71.7 Å². The van der Waals surface area contributed by atoms with E-state index in [1.165, 1.54) is 45.6 Å². The fourth-order valence-corrected chi connectivity index (χ4v) is 4.48. The van der Waals surface area contributed by atoms with Crippen LogP contribution in [0.25, 0.3) is 11.1 Å². The predicted molar refractivity (Wildman–Crippen MR) is 128 cm³/mol. The lowest BCUT2D eigenvalue weighted by Crippen LogP contribution is -2.03. The number of hydrogen-bond acceptors (Lipinski definition) is 3. The second-order valence-electron chi connectivity index (χ2n) is 8.46. The number of aromatic nitrogens is 1. The molecule has 0 radical (unpaired) electrons. The van der Waals surface area contributed by atoms with Gasteiger partial charge in [0.2, 0.25) is 0 Å². The molecule has 5 rings (SSSR count). The Balaban J connectivity index is 1.36. The first-order chi connectivity index (χ1) is 16.2. The minimum absolute atomic E-state index is 0.265. The molecule has 1 heterocycles. The SMILES string of the molecule is Cc1c(COc2cc(OCc3cncc(F)c3)cc3c2CCC3)cccc1-c1ccccc1. The van der Waals surface area contributed by atoms with Crippen molar-refractivity contribution in [2.45, 2.75) is 39.4 Å². The molecule has 4 heteroatoms. The molecule has 0 fully saturated rings. The molecular formula is C29H26FNO2. The van der Waals surface area contributed by atoms with Crippen LogP contribution in [-0.2, 0) is 26.1 Å². The van der Waals surface area contributed by atoms with Gasteiger partial charge in [-0.2, -0.15) is 0 Å². The van der Waals surface area contributed by atoms with Crippen molar-refractivity contribution in [1.29, 1.82) is 0 Å². The molecular weight excluding hydrogens is 413 g/mol. The quantitative estimate of drug-likeness (QED) is 0.316. The number of aryl methyl sites for hydroxylation is 1. The van der Waals surface area contributed by atoms with E-state index >= 15 is 0 Å². The van der Waals surface area contributed by atoms with Gasteiger partial charge in [-0.25, -0.2) is 4.39 Å². The van der Waals surface area contributed by atoms with E-state index in [4.69, 9.17) is 9.47 Å². The minimum atomic E-state index is -0.359. The van der Waals surface area contributed by atoms with Crippen molar-refractivity contribution < 1.29 is 13.9 Å². The Morgan fingerprint density at radius 1 is 0.879 bits per heavy atom. The Kier molecular flexibility index (Phi) is 6.07. The molecule has 0 N–H and O–H groups in total. The Labute approximate surface area is 193 Å². The van der Waals surface area contributed by atoms with Gasteiger partial charge < -0.3 is 9.47 Å². The largest absolute Gasteiger partial charge is 0.489 e. The monoisotopic (exact) mass is 439 g/mol. The molecule has 0 bridgehead atoms. The molecule has 3 nitrogen and oxygen atoms in total. The Bertz CT molecular complexity index is 1270. The van der Waals surface area contributed by atoms with Crippen LogP contribution < -0.4 is 9.47 Å². The number of ether oxygens (including phenoxy) is 2. The van der Waals surface area contributed by atoms with Crippen LogP contribution in [0.4, 0.5) is 4.39 Å².